The molecule has 1 aliphatic rings. The molecule has 0 saturated carbocycles. The molecule has 9 heteroatoms. The molecule has 1 fully saturated rings. The van der Waals surface area contributed by atoms with Crippen LogP contribution in [0.2, 0.25) is 0 Å². The summed E-state index contributed by atoms with van der Waals surface area (Å²) in [5.41, 5.74) is 2.17. The van der Waals surface area contributed by atoms with Crippen molar-refractivity contribution in [1.29, 1.82) is 0 Å². The normalized spacial score (nSPS) is 17.2. The lowest BCUT2D eigenvalue weighted by atomic mass is 10.1. The van der Waals surface area contributed by atoms with E-state index in [0.717, 1.165) is 45.6 Å². The van der Waals surface area contributed by atoms with E-state index in [-0.39, 0.29) is 15.0 Å². The van der Waals surface area contributed by atoms with E-state index >= 15 is 0 Å². The molecule has 1 atom stereocenters. The number of nitrogens with one attached hydrogen (secondary N) is 1. The number of nitrogens with zero attached hydrogens (tertiary/aromatic N) is 1. The van der Waals surface area contributed by atoms with Crippen molar-refractivity contribution in [2.24, 2.45) is 0 Å². The van der Waals surface area contributed by atoms with Crippen LogP contribution in [0.25, 0.3) is 0 Å². The molecule has 1 amide bonds. The van der Waals surface area contributed by atoms with Gasteiger partial charge in [-0.25, -0.2) is 0 Å². The second-order valence-corrected chi connectivity index (χ2v) is 8.45. The minimum atomic E-state index is -4.51. The van der Waals surface area contributed by atoms with Gasteiger partial charge in [-0.3, -0.25) is 9.69 Å². The van der Waals surface area contributed by atoms with Crippen LogP contribution >= 0.6 is 36.2 Å². The average molecular weight is 441 g/mol. The molecule has 1 unspecified atom stereocenters. The first-order valence-corrected chi connectivity index (χ1v) is 9.87. The predicted molar refractivity (Wildman–Crippen MR) is 115 cm³/mol. The molecule has 0 spiro atoms. The molecule has 3 rings (SSSR count). The van der Waals surface area contributed by atoms with Crippen LogP contribution in [0.4, 0.5) is 24.5 Å². The number of amides is 1. The minimum absolute atomic E-state index is 0.0776. The molecule has 1 N–H and O–H groups in total. The Hall–Kier alpha value is -1.97. The minimum Gasteiger partial charge on any atom is -0.349 e. The smallest absolute Gasteiger partial charge is 0.349 e. The average Bonchev–Trinajstić information content (AvgIpc) is 2.92. The summed E-state index contributed by atoms with van der Waals surface area (Å²) in [7, 11) is 0. The van der Waals surface area contributed by atoms with Crippen molar-refractivity contribution in [2.45, 2.75) is 25.3 Å². The molecule has 0 radical (unpaired) electrons. The van der Waals surface area contributed by atoms with E-state index in [1.54, 1.807) is 0 Å². The van der Waals surface area contributed by atoms with Gasteiger partial charge in [0.15, 0.2) is 0 Å². The third-order valence-corrected chi connectivity index (χ3v) is 6.31. The zero-order valence-electron chi connectivity index (χ0n) is 14.8. The summed E-state index contributed by atoms with van der Waals surface area (Å²) in [6.45, 7) is 3.95. The molecule has 2 aromatic rings. The Bertz CT molecular complexity index is 975. The Morgan fingerprint density at radius 2 is 1.86 bits per heavy atom. The predicted octanol–water partition coefficient (Wildman–Crippen LogP) is 5.50. The number of anilines is 2. The standard InChI is InChI=1S/C19H15F3N2OS3/c1-10-6-7-13(8-11(10)2)23-16(26)15-17(25)24(18(27)28-15)14-5-3-4-12(9-14)19(20,21)22/h3-9,15H,1-2H3,(H,23,26). The van der Waals surface area contributed by atoms with E-state index in [1.807, 2.05) is 32.0 Å². The van der Waals surface area contributed by atoms with E-state index in [4.69, 9.17) is 24.4 Å². The molecule has 0 aromatic heterocycles. The van der Waals surface area contributed by atoms with Crippen LogP contribution in [0.3, 0.4) is 0 Å². The van der Waals surface area contributed by atoms with Crippen LogP contribution in [0.15, 0.2) is 42.5 Å². The summed E-state index contributed by atoms with van der Waals surface area (Å²) in [5.74, 6) is -0.462. The third kappa shape index (κ3) is 4.21. The zero-order chi connectivity index (χ0) is 20.6. The van der Waals surface area contributed by atoms with Gasteiger partial charge in [-0.1, -0.05) is 48.3 Å². The van der Waals surface area contributed by atoms with Crippen molar-refractivity contribution in [1.82, 2.24) is 0 Å². The largest absolute Gasteiger partial charge is 0.416 e. The van der Waals surface area contributed by atoms with E-state index in [2.05, 4.69) is 5.32 Å². The highest BCUT2D eigenvalue weighted by atomic mass is 32.2. The van der Waals surface area contributed by atoms with E-state index in [9.17, 15) is 18.0 Å². The molecule has 2 aromatic carbocycles. The molecule has 0 aliphatic carbocycles. The number of hydrogen-bond acceptors (Lipinski definition) is 4. The second-order valence-electron chi connectivity index (χ2n) is 6.27. The van der Waals surface area contributed by atoms with Crippen molar-refractivity contribution < 1.29 is 18.0 Å². The van der Waals surface area contributed by atoms with Crippen LogP contribution in [0, 0.1) is 13.8 Å². The quantitative estimate of drug-likeness (QED) is 0.638. The molecule has 28 heavy (non-hydrogen) atoms. The van der Waals surface area contributed by atoms with Crippen molar-refractivity contribution in [2.75, 3.05) is 10.2 Å². The van der Waals surface area contributed by atoms with Crippen LogP contribution in [-0.4, -0.2) is 20.5 Å². The Labute approximate surface area is 175 Å². The highest BCUT2D eigenvalue weighted by molar-refractivity contribution is 8.25. The fraction of sp³-hybridized carbons (Fsp3) is 0.211. The Morgan fingerprint density at radius 3 is 2.50 bits per heavy atom. The molecule has 0 bridgehead atoms. The fourth-order valence-corrected chi connectivity index (χ4v) is 4.38. The highest BCUT2D eigenvalue weighted by Crippen LogP contribution is 2.36. The van der Waals surface area contributed by atoms with Gasteiger partial charge in [-0.2, -0.15) is 13.2 Å². The van der Waals surface area contributed by atoms with Gasteiger partial charge in [0.2, 0.25) is 0 Å². The molecule has 146 valence electrons. The summed E-state index contributed by atoms with van der Waals surface area (Å²) >= 11 is 11.7. The molecule has 3 nitrogen and oxygen atoms in total. The van der Waals surface area contributed by atoms with Crippen LogP contribution < -0.4 is 10.2 Å². The lowest BCUT2D eigenvalue weighted by molar-refractivity contribution is -0.137. The number of halogens is 3. The molecule has 1 heterocycles. The second kappa shape index (κ2) is 7.81. The number of aryl methyl sites for hydroxylation is 2. The lowest BCUT2D eigenvalue weighted by Gasteiger charge is -2.18. The van der Waals surface area contributed by atoms with Crippen molar-refractivity contribution in [3.63, 3.8) is 0 Å². The number of thiocarbonyl (C=S) groups is 2. The fourth-order valence-electron chi connectivity index (χ4n) is 2.66. The van der Waals surface area contributed by atoms with Gasteiger partial charge in [0.05, 0.1) is 11.3 Å². The van der Waals surface area contributed by atoms with Gasteiger partial charge in [0.1, 0.15) is 14.6 Å². The van der Waals surface area contributed by atoms with Crippen molar-refractivity contribution in [3.05, 3.63) is 59.2 Å². The van der Waals surface area contributed by atoms with Gasteiger partial charge >= 0.3 is 6.18 Å². The van der Waals surface area contributed by atoms with Crippen LogP contribution in [0.5, 0.6) is 0 Å². The number of hydrogen-bond donors (Lipinski definition) is 1. The number of carbonyl (C=O) groups is 1. The van der Waals surface area contributed by atoms with Crippen molar-refractivity contribution >= 4 is 62.8 Å². The Kier molecular flexibility index (Phi) is 5.79. The SMILES string of the molecule is Cc1ccc(NC(=S)C2SC(=S)N(c3cccc(C(F)(F)F)c3)C2=O)cc1C. The van der Waals surface area contributed by atoms with Gasteiger partial charge in [-0.15, -0.1) is 0 Å². The first kappa shape index (κ1) is 20.8. The number of carbonyl (C=O) groups excluding carboxylic acids is 1. The van der Waals surface area contributed by atoms with Gasteiger partial charge in [0.25, 0.3) is 5.91 Å². The lowest BCUT2D eigenvalue weighted by Crippen LogP contribution is -2.36. The maximum atomic E-state index is 13.0. The van der Waals surface area contributed by atoms with Gasteiger partial charge < -0.3 is 5.32 Å². The van der Waals surface area contributed by atoms with Crippen LogP contribution in [-0.2, 0) is 11.0 Å². The summed E-state index contributed by atoms with van der Waals surface area (Å²) < 4.78 is 39.1. The maximum absolute atomic E-state index is 13.0. The van der Waals surface area contributed by atoms with Gasteiger partial charge in [-0.05, 0) is 55.3 Å². The first-order valence-electron chi connectivity index (χ1n) is 8.18. The number of thioether (sulfide) groups is 1. The molecule has 1 aliphatic heterocycles. The van der Waals surface area contributed by atoms with Crippen LogP contribution in [0.1, 0.15) is 16.7 Å². The molecule has 1 saturated heterocycles. The first-order chi connectivity index (χ1) is 13.1. The number of benzene rings is 2. The maximum Gasteiger partial charge on any atom is 0.416 e. The molecular weight excluding hydrogens is 425 g/mol. The summed E-state index contributed by atoms with van der Waals surface area (Å²) in [6.07, 6.45) is -4.51. The van der Waals surface area contributed by atoms with Gasteiger partial charge in [0, 0.05) is 5.69 Å². The molecular formula is C19H15F3N2OS3. The summed E-state index contributed by atoms with van der Waals surface area (Å²) in [5, 5.41) is 2.24. The van der Waals surface area contributed by atoms with E-state index in [1.165, 1.54) is 12.1 Å². The van der Waals surface area contributed by atoms with E-state index in [0.29, 0.717) is 0 Å². The Balaban J connectivity index is 1.81. The summed E-state index contributed by atoms with van der Waals surface area (Å²) in [6, 6.07) is 10.2. The number of rotatable bonds is 3. The summed E-state index contributed by atoms with van der Waals surface area (Å²) in [4.78, 5) is 14.2. The van der Waals surface area contributed by atoms with E-state index < -0.39 is 22.9 Å². The topological polar surface area (TPSA) is 32.3 Å². The van der Waals surface area contributed by atoms with Crippen molar-refractivity contribution in [3.8, 4) is 0 Å². The highest BCUT2D eigenvalue weighted by Gasteiger charge is 2.41. The zero-order valence-corrected chi connectivity index (χ0v) is 17.3. The third-order valence-electron chi connectivity index (χ3n) is 4.29. The number of alkyl halides is 3. The Morgan fingerprint density at radius 1 is 1.14 bits per heavy atom. The monoisotopic (exact) mass is 440 g/mol.